The average molecular weight is 324 g/mol. The van der Waals surface area contributed by atoms with Crippen LogP contribution >= 0.6 is 0 Å². The van der Waals surface area contributed by atoms with E-state index in [-0.39, 0.29) is 16.9 Å². The molecule has 0 unspecified atom stereocenters. The fourth-order valence-electron chi connectivity index (χ4n) is 1.65. The number of halogens is 3. The number of hydrogen-bond donors (Lipinski definition) is 2. The molecule has 0 spiro atoms. The van der Waals surface area contributed by atoms with Crippen LogP contribution in [0.15, 0.2) is 48.5 Å². The SMILES string of the molecule is O=C(NNC(=O)c1ccc(OC(F)F)cc1)c1ccc(F)cc1. The van der Waals surface area contributed by atoms with Crippen LogP contribution in [0.25, 0.3) is 0 Å². The second-order valence-electron chi connectivity index (χ2n) is 4.32. The lowest BCUT2D eigenvalue weighted by Gasteiger charge is -2.08. The quantitative estimate of drug-likeness (QED) is 0.849. The Balaban J connectivity index is 1.91. The smallest absolute Gasteiger partial charge is 0.387 e. The van der Waals surface area contributed by atoms with Crippen LogP contribution in [0.2, 0.25) is 0 Å². The number of hydrogen-bond acceptors (Lipinski definition) is 3. The van der Waals surface area contributed by atoms with Gasteiger partial charge in [0, 0.05) is 11.1 Å². The van der Waals surface area contributed by atoms with Gasteiger partial charge in [-0.15, -0.1) is 0 Å². The molecule has 0 saturated heterocycles. The first-order valence-electron chi connectivity index (χ1n) is 6.37. The molecule has 2 amide bonds. The Morgan fingerprint density at radius 2 is 1.26 bits per heavy atom. The van der Waals surface area contributed by atoms with E-state index < -0.39 is 24.2 Å². The van der Waals surface area contributed by atoms with Crippen molar-refractivity contribution in [1.82, 2.24) is 10.9 Å². The molecule has 2 aromatic rings. The summed E-state index contributed by atoms with van der Waals surface area (Å²) in [5.74, 6) is -1.86. The van der Waals surface area contributed by atoms with Gasteiger partial charge in [0.1, 0.15) is 11.6 Å². The van der Waals surface area contributed by atoms with Gasteiger partial charge in [-0.2, -0.15) is 8.78 Å². The summed E-state index contributed by atoms with van der Waals surface area (Å²) in [6.45, 7) is -2.95. The fraction of sp³-hybridized carbons (Fsp3) is 0.0667. The first-order valence-corrected chi connectivity index (χ1v) is 6.37. The minimum Gasteiger partial charge on any atom is -0.435 e. The van der Waals surface area contributed by atoms with E-state index in [0.717, 1.165) is 12.1 Å². The van der Waals surface area contributed by atoms with Crippen molar-refractivity contribution in [2.45, 2.75) is 6.61 Å². The molecule has 0 fully saturated rings. The molecule has 23 heavy (non-hydrogen) atoms. The van der Waals surface area contributed by atoms with E-state index in [1.165, 1.54) is 36.4 Å². The molecule has 0 aromatic heterocycles. The number of alkyl halides is 2. The Bertz CT molecular complexity index is 688. The summed E-state index contributed by atoms with van der Waals surface area (Å²) >= 11 is 0. The summed E-state index contributed by atoms with van der Waals surface area (Å²) in [4.78, 5) is 23.5. The van der Waals surface area contributed by atoms with E-state index in [9.17, 15) is 22.8 Å². The topological polar surface area (TPSA) is 67.4 Å². The second kappa shape index (κ2) is 7.30. The number of benzene rings is 2. The van der Waals surface area contributed by atoms with Crippen molar-refractivity contribution in [3.63, 3.8) is 0 Å². The van der Waals surface area contributed by atoms with Crippen molar-refractivity contribution >= 4 is 11.8 Å². The molecule has 0 heterocycles. The van der Waals surface area contributed by atoms with Gasteiger partial charge in [-0.05, 0) is 48.5 Å². The lowest BCUT2D eigenvalue weighted by Crippen LogP contribution is -2.41. The zero-order valence-corrected chi connectivity index (χ0v) is 11.6. The van der Waals surface area contributed by atoms with E-state index in [1.54, 1.807) is 0 Å². The van der Waals surface area contributed by atoms with Crippen LogP contribution in [0, 0.1) is 5.82 Å². The Labute approximate surface area is 129 Å². The summed E-state index contributed by atoms with van der Waals surface area (Å²) in [6.07, 6.45) is 0. The molecule has 2 rings (SSSR count). The molecule has 8 heteroatoms. The predicted octanol–water partition coefficient (Wildman–Crippen LogP) is 2.50. The van der Waals surface area contributed by atoms with Gasteiger partial charge in [-0.1, -0.05) is 0 Å². The largest absolute Gasteiger partial charge is 0.435 e. The molecule has 0 aliphatic heterocycles. The number of ether oxygens (including phenoxy) is 1. The highest BCUT2D eigenvalue weighted by atomic mass is 19.3. The molecular weight excluding hydrogens is 313 g/mol. The fourth-order valence-corrected chi connectivity index (χ4v) is 1.65. The van der Waals surface area contributed by atoms with Gasteiger partial charge in [0.15, 0.2) is 0 Å². The maximum Gasteiger partial charge on any atom is 0.387 e. The highest BCUT2D eigenvalue weighted by molar-refractivity contribution is 5.99. The van der Waals surface area contributed by atoms with Gasteiger partial charge in [0.05, 0.1) is 0 Å². The van der Waals surface area contributed by atoms with Crippen molar-refractivity contribution in [1.29, 1.82) is 0 Å². The maximum absolute atomic E-state index is 12.7. The van der Waals surface area contributed by atoms with Crippen LogP contribution in [-0.4, -0.2) is 18.4 Å². The molecule has 0 aliphatic rings. The highest BCUT2D eigenvalue weighted by Crippen LogP contribution is 2.14. The van der Waals surface area contributed by atoms with Gasteiger partial charge < -0.3 is 4.74 Å². The lowest BCUT2D eigenvalue weighted by molar-refractivity contribution is -0.0498. The molecule has 5 nitrogen and oxygen atoms in total. The molecule has 0 saturated carbocycles. The van der Waals surface area contributed by atoms with E-state index >= 15 is 0 Å². The van der Waals surface area contributed by atoms with Gasteiger partial charge in [-0.3, -0.25) is 20.4 Å². The Kier molecular flexibility index (Phi) is 5.19. The molecule has 2 N–H and O–H groups in total. The first-order chi connectivity index (χ1) is 11.0. The third-order valence-electron chi connectivity index (χ3n) is 2.74. The van der Waals surface area contributed by atoms with Crippen LogP contribution in [0.5, 0.6) is 5.75 Å². The van der Waals surface area contributed by atoms with Crippen LogP contribution in [0.4, 0.5) is 13.2 Å². The monoisotopic (exact) mass is 324 g/mol. The standard InChI is InChI=1S/C15H11F3N2O3/c16-11-5-1-9(2-6-11)13(21)19-20-14(22)10-3-7-12(8-4-10)23-15(17)18/h1-8,15H,(H,19,21)(H,20,22). The number of rotatable bonds is 4. The molecule has 0 aliphatic carbocycles. The molecule has 0 bridgehead atoms. The second-order valence-corrected chi connectivity index (χ2v) is 4.32. The normalized spacial score (nSPS) is 10.3. The summed E-state index contributed by atoms with van der Waals surface area (Å²) in [6, 6.07) is 9.65. The molecule has 0 radical (unpaired) electrons. The Morgan fingerprint density at radius 3 is 1.70 bits per heavy atom. The zero-order valence-electron chi connectivity index (χ0n) is 11.6. The third-order valence-corrected chi connectivity index (χ3v) is 2.74. The number of nitrogens with one attached hydrogen (secondary N) is 2. The zero-order chi connectivity index (χ0) is 16.8. The predicted molar refractivity (Wildman–Crippen MR) is 74.4 cm³/mol. The van der Waals surface area contributed by atoms with Crippen molar-refractivity contribution in [3.05, 3.63) is 65.5 Å². The van der Waals surface area contributed by atoms with Gasteiger partial charge >= 0.3 is 6.61 Å². The van der Waals surface area contributed by atoms with E-state index in [1.807, 2.05) is 0 Å². The van der Waals surface area contributed by atoms with Gasteiger partial charge in [0.2, 0.25) is 0 Å². The van der Waals surface area contributed by atoms with Crippen LogP contribution in [0.1, 0.15) is 20.7 Å². The van der Waals surface area contributed by atoms with E-state index in [0.29, 0.717) is 0 Å². The minimum absolute atomic E-state index is 0.0908. The number of carbonyl (C=O) groups is 2. The van der Waals surface area contributed by atoms with Gasteiger partial charge in [-0.25, -0.2) is 4.39 Å². The molecule has 0 atom stereocenters. The Hall–Kier alpha value is -3.03. The maximum atomic E-state index is 12.7. The van der Waals surface area contributed by atoms with Crippen molar-refractivity contribution in [3.8, 4) is 5.75 Å². The van der Waals surface area contributed by atoms with Crippen LogP contribution < -0.4 is 15.6 Å². The van der Waals surface area contributed by atoms with Crippen molar-refractivity contribution in [2.75, 3.05) is 0 Å². The summed E-state index contributed by atoms with van der Waals surface area (Å²) in [7, 11) is 0. The van der Waals surface area contributed by atoms with Crippen LogP contribution in [0.3, 0.4) is 0 Å². The number of amides is 2. The van der Waals surface area contributed by atoms with Crippen molar-refractivity contribution < 1.29 is 27.5 Å². The average Bonchev–Trinajstić information content (AvgIpc) is 2.53. The summed E-state index contributed by atoms with van der Waals surface area (Å²) in [5, 5.41) is 0. The molecule has 120 valence electrons. The minimum atomic E-state index is -2.95. The molecular formula is C15H11F3N2O3. The Morgan fingerprint density at radius 1 is 0.826 bits per heavy atom. The van der Waals surface area contributed by atoms with E-state index in [2.05, 4.69) is 15.6 Å². The molecule has 2 aromatic carbocycles. The highest BCUT2D eigenvalue weighted by Gasteiger charge is 2.10. The van der Waals surface area contributed by atoms with Gasteiger partial charge in [0.25, 0.3) is 11.8 Å². The summed E-state index contributed by atoms with van der Waals surface area (Å²) < 4.78 is 40.9. The van der Waals surface area contributed by atoms with Crippen LogP contribution in [-0.2, 0) is 0 Å². The lowest BCUT2D eigenvalue weighted by atomic mass is 10.2. The third kappa shape index (κ3) is 4.73. The first kappa shape index (κ1) is 16.3. The number of hydrazine groups is 1. The van der Waals surface area contributed by atoms with Crippen molar-refractivity contribution in [2.24, 2.45) is 0 Å². The number of carbonyl (C=O) groups excluding carboxylic acids is 2. The van der Waals surface area contributed by atoms with E-state index in [4.69, 9.17) is 0 Å². The summed E-state index contributed by atoms with van der Waals surface area (Å²) in [5.41, 5.74) is 4.59.